The zero-order valence-electron chi connectivity index (χ0n) is 11.9. The number of aliphatic hydroxyl groups excluding tert-OH is 1. The molecule has 2 N–H and O–H groups in total. The molecule has 2 unspecified atom stereocenters. The summed E-state index contributed by atoms with van der Waals surface area (Å²) >= 11 is 1.13. The van der Waals surface area contributed by atoms with Crippen LogP contribution in [0.25, 0.3) is 0 Å². The lowest BCUT2D eigenvalue weighted by Gasteiger charge is -2.17. The number of thiophene rings is 1. The Morgan fingerprint density at radius 2 is 2.23 bits per heavy atom. The topological polar surface area (TPSA) is 79.3 Å². The largest absolute Gasteiger partial charge is 0.391 e. The van der Waals surface area contributed by atoms with Gasteiger partial charge < -0.3 is 10.4 Å². The molecule has 120 valence electrons. The van der Waals surface area contributed by atoms with Gasteiger partial charge in [-0.15, -0.1) is 11.3 Å². The third-order valence-corrected chi connectivity index (χ3v) is 6.38. The van der Waals surface area contributed by atoms with Crippen LogP contribution in [0, 0.1) is 5.82 Å². The average molecular weight is 344 g/mol. The van der Waals surface area contributed by atoms with Crippen LogP contribution in [0.2, 0.25) is 0 Å². The van der Waals surface area contributed by atoms with Crippen molar-refractivity contribution in [3.63, 3.8) is 0 Å². The zero-order valence-corrected chi connectivity index (χ0v) is 13.6. The molecule has 0 radical (unpaired) electrons. The molecule has 0 bridgehead atoms. The molecule has 2 rings (SSSR count). The fourth-order valence-electron chi connectivity index (χ4n) is 1.93. The third kappa shape index (κ3) is 4.57. The molecule has 0 aliphatic rings. The van der Waals surface area contributed by atoms with E-state index in [0.29, 0.717) is 5.56 Å². The molecule has 2 heterocycles. The number of nitrogens with zero attached hydrogens (tertiary/aromatic N) is 1. The lowest BCUT2D eigenvalue weighted by molar-refractivity contribution is 0.189. The van der Waals surface area contributed by atoms with Gasteiger partial charge in [-0.05, 0) is 30.0 Å². The highest BCUT2D eigenvalue weighted by Gasteiger charge is 2.21. The molecule has 2 atom stereocenters. The number of aliphatic hydroxyl groups is 1. The maximum atomic E-state index is 13.1. The highest BCUT2D eigenvalue weighted by Crippen LogP contribution is 2.18. The van der Waals surface area contributed by atoms with Crippen molar-refractivity contribution in [2.75, 3.05) is 12.3 Å². The first-order chi connectivity index (χ1) is 10.4. The number of halogens is 1. The predicted molar refractivity (Wildman–Crippen MR) is 83.0 cm³/mol. The molecule has 0 saturated carbocycles. The average Bonchev–Trinajstić information content (AvgIpc) is 2.99. The van der Waals surface area contributed by atoms with Crippen molar-refractivity contribution < 1.29 is 17.9 Å². The standard InChI is InChI=1S/C14H17FN2O3S2/c1-10(11-5-12(15)7-16-6-11)17-8-13(18)9-22(19,20)14-3-2-4-21-14/h2-7,10,13,17-18H,8-9H2,1H3. The Morgan fingerprint density at radius 3 is 2.86 bits per heavy atom. The van der Waals surface area contributed by atoms with Crippen LogP contribution in [0.15, 0.2) is 40.2 Å². The lowest BCUT2D eigenvalue weighted by atomic mass is 10.1. The van der Waals surface area contributed by atoms with E-state index in [0.717, 1.165) is 17.5 Å². The molecule has 2 aromatic rings. The van der Waals surface area contributed by atoms with Gasteiger partial charge in [0, 0.05) is 18.8 Å². The van der Waals surface area contributed by atoms with E-state index in [-0.39, 0.29) is 22.5 Å². The second kappa shape index (κ2) is 7.28. The Balaban J connectivity index is 1.89. The Morgan fingerprint density at radius 1 is 1.45 bits per heavy atom. The van der Waals surface area contributed by atoms with Gasteiger partial charge in [-0.3, -0.25) is 4.98 Å². The number of hydrogen-bond donors (Lipinski definition) is 2. The van der Waals surface area contributed by atoms with E-state index in [2.05, 4.69) is 10.3 Å². The minimum Gasteiger partial charge on any atom is -0.391 e. The first-order valence-electron chi connectivity index (χ1n) is 6.66. The molecule has 0 saturated heterocycles. The lowest BCUT2D eigenvalue weighted by Crippen LogP contribution is -2.33. The molecule has 0 fully saturated rings. The summed E-state index contributed by atoms with van der Waals surface area (Å²) in [5, 5.41) is 14.6. The van der Waals surface area contributed by atoms with E-state index < -0.39 is 21.8 Å². The van der Waals surface area contributed by atoms with Crippen molar-refractivity contribution in [3.05, 3.63) is 47.4 Å². The third-order valence-electron chi connectivity index (χ3n) is 3.10. The van der Waals surface area contributed by atoms with Crippen LogP contribution in [0.4, 0.5) is 4.39 Å². The molecular formula is C14H17FN2O3S2. The smallest absolute Gasteiger partial charge is 0.190 e. The summed E-state index contributed by atoms with van der Waals surface area (Å²) in [6, 6.07) is 4.27. The second-order valence-corrected chi connectivity index (χ2v) is 8.14. The molecule has 0 aliphatic heterocycles. The van der Waals surface area contributed by atoms with Crippen LogP contribution < -0.4 is 5.32 Å². The molecule has 0 spiro atoms. The molecule has 8 heteroatoms. The minimum absolute atomic E-state index is 0.0856. The summed E-state index contributed by atoms with van der Waals surface area (Å²) in [5.41, 5.74) is 0.633. The molecule has 0 amide bonds. The second-order valence-electron chi connectivity index (χ2n) is 4.93. The van der Waals surface area contributed by atoms with Crippen molar-refractivity contribution in [3.8, 4) is 0 Å². The van der Waals surface area contributed by atoms with Crippen LogP contribution in [0.1, 0.15) is 18.5 Å². The van der Waals surface area contributed by atoms with Gasteiger partial charge in [0.05, 0.1) is 18.1 Å². The highest BCUT2D eigenvalue weighted by molar-refractivity contribution is 7.93. The number of aromatic nitrogens is 1. The minimum atomic E-state index is -3.48. The molecule has 22 heavy (non-hydrogen) atoms. The van der Waals surface area contributed by atoms with E-state index >= 15 is 0 Å². The number of rotatable bonds is 7. The summed E-state index contributed by atoms with van der Waals surface area (Å²) in [4.78, 5) is 3.75. The van der Waals surface area contributed by atoms with Gasteiger partial charge in [0.2, 0.25) is 0 Å². The molecular weight excluding hydrogens is 327 g/mol. The molecule has 2 aromatic heterocycles. The monoisotopic (exact) mass is 344 g/mol. The summed E-state index contributed by atoms with van der Waals surface area (Å²) in [5.74, 6) is -0.791. The van der Waals surface area contributed by atoms with E-state index in [1.54, 1.807) is 18.4 Å². The normalized spacial score (nSPS) is 14.7. The van der Waals surface area contributed by atoms with Gasteiger partial charge in [-0.25, -0.2) is 12.8 Å². The van der Waals surface area contributed by atoms with Crippen molar-refractivity contribution in [1.82, 2.24) is 10.3 Å². The van der Waals surface area contributed by atoms with E-state index in [1.807, 2.05) is 0 Å². The van der Waals surface area contributed by atoms with Gasteiger partial charge in [-0.1, -0.05) is 6.07 Å². The van der Waals surface area contributed by atoms with E-state index in [4.69, 9.17) is 0 Å². The van der Waals surface area contributed by atoms with Crippen molar-refractivity contribution >= 4 is 21.2 Å². The first-order valence-corrected chi connectivity index (χ1v) is 9.20. The SMILES string of the molecule is CC(NCC(O)CS(=O)(=O)c1cccs1)c1cncc(F)c1. The van der Waals surface area contributed by atoms with Crippen LogP contribution in [0.5, 0.6) is 0 Å². The molecule has 0 aliphatic carbocycles. The predicted octanol–water partition coefficient (Wildman–Crippen LogP) is 1.77. The number of nitrogens with one attached hydrogen (secondary N) is 1. The Labute approximate surface area is 132 Å². The molecule has 5 nitrogen and oxygen atoms in total. The van der Waals surface area contributed by atoms with Gasteiger partial charge in [-0.2, -0.15) is 0 Å². The maximum absolute atomic E-state index is 13.1. The fourth-order valence-corrected chi connectivity index (χ4v) is 4.41. The number of pyridine rings is 1. The van der Waals surface area contributed by atoms with Gasteiger partial charge >= 0.3 is 0 Å². The van der Waals surface area contributed by atoms with Crippen LogP contribution in [-0.2, 0) is 9.84 Å². The van der Waals surface area contributed by atoms with E-state index in [9.17, 15) is 17.9 Å². The molecule has 0 aromatic carbocycles. The van der Waals surface area contributed by atoms with Crippen LogP contribution >= 0.6 is 11.3 Å². The summed E-state index contributed by atoms with van der Waals surface area (Å²) < 4.78 is 37.4. The highest BCUT2D eigenvalue weighted by atomic mass is 32.2. The fraction of sp³-hybridized carbons (Fsp3) is 0.357. The van der Waals surface area contributed by atoms with Gasteiger partial charge in [0.1, 0.15) is 10.0 Å². The maximum Gasteiger partial charge on any atom is 0.190 e. The van der Waals surface area contributed by atoms with Gasteiger partial charge in [0.15, 0.2) is 9.84 Å². The van der Waals surface area contributed by atoms with E-state index in [1.165, 1.54) is 18.3 Å². The van der Waals surface area contributed by atoms with Crippen LogP contribution in [0.3, 0.4) is 0 Å². The Kier molecular flexibility index (Phi) is 5.63. The Hall–Kier alpha value is -1.35. The van der Waals surface area contributed by atoms with Crippen molar-refractivity contribution in [1.29, 1.82) is 0 Å². The summed E-state index contributed by atoms with van der Waals surface area (Å²) in [6.07, 6.45) is 1.59. The van der Waals surface area contributed by atoms with Crippen molar-refractivity contribution in [2.24, 2.45) is 0 Å². The van der Waals surface area contributed by atoms with Gasteiger partial charge in [0.25, 0.3) is 0 Å². The number of sulfone groups is 1. The van der Waals surface area contributed by atoms with Crippen molar-refractivity contribution in [2.45, 2.75) is 23.3 Å². The quantitative estimate of drug-likeness (QED) is 0.800. The zero-order chi connectivity index (χ0) is 16.2. The Bertz CT molecular complexity index is 705. The summed E-state index contributed by atoms with van der Waals surface area (Å²) in [7, 11) is -3.48. The van der Waals surface area contributed by atoms with Crippen LogP contribution in [-0.4, -0.2) is 36.9 Å². The first kappa shape index (κ1) is 17.0. The summed E-state index contributed by atoms with van der Waals surface area (Å²) in [6.45, 7) is 1.87. The number of hydrogen-bond acceptors (Lipinski definition) is 6.